The molecule has 0 fully saturated rings. The fraction of sp³-hybridized carbons (Fsp3) is 0.364. The van der Waals surface area contributed by atoms with Crippen LogP contribution in [-0.4, -0.2) is 30.8 Å². The Bertz CT molecular complexity index is 567. The lowest BCUT2D eigenvalue weighted by atomic mass is 10.4. The Morgan fingerprint density at radius 2 is 2.50 bits per heavy atom. The first-order valence-electron chi connectivity index (χ1n) is 5.68. The van der Waals surface area contributed by atoms with Crippen molar-refractivity contribution < 1.29 is 4.79 Å². The SMILES string of the molecule is Cn1ccnc1C(=O)NCc1cn2c(n1)SCC2. The first kappa shape index (κ1) is 11.3. The van der Waals surface area contributed by atoms with Crippen LogP contribution in [0.4, 0.5) is 0 Å². The molecule has 1 aliphatic rings. The van der Waals surface area contributed by atoms with E-state index in [0.717, 1.165) is 23.1 Å². The van der Waals surface area contributed by atoms with Crippen LogP contribution in [0.1, 0.15) is 16.3 Å². The topological polar surface area (TPSA) is 64.7 Å². The number of nitrogens with zero attached hydrogens (tertiary/aromatic N) is 4. The van der Waals surface area contributed by atoms with Gasteiger partial charge in [-0.2, -0.15) is 0 Å². The molecule has 94 valence electrons. The van der Waals surface area contributed by atoms with Crippen LogP contribution in [0.3, 0.4) is 0 Å². The lowest BCUT2D eigenvalue weighted by molar-refractivity contribution is 0.0937. The number of amides is 1. The molecule has 0 aromatic carbocycles. The summed E-state index contributed by atoms with van der Waals surface area (Å²) < 4.78 is 3.81. The van der Waals surface area contributed by atoms with Crippen LogP contribution >= 0.6 is 11.8 Å². The molecule has 0 atom stereocenters. The molecular formula is C11H13N5OS. The Balaban J connectivity index is 1.64. The quantitative estimate of drug-likeness (QED) is 0.883. The zero-order valence-corrected chi connectivity index (χ0v) is 10.8. The summed E-state index contributed by atoms with van der Waals surface area (Å²) in [5.41, 5.74) is 0.889. The third kappa shape index (κ3) is 2.01. The van der Waals surface area contributed by atoms with Crippen molar-refractivity contribution in [3.05, 3.63) is 30.1 Å². The maximum atomic E-state index is 11.8. The van der Waals surface area contributed by atoms with E-state index in [4.69, 9.17) is 0 Å². The molecule has 18 heavy (non-hydrogen) atoms. The van der Waals surface area contributed by atoms with Crippen LogP contribution in [0.2, 0.25) is 0 Å². The second kappa shape index (κ2) is 4.49. The van der Waals surface area contributed by atoms with Crippen molar-refractivity contribution in [3.63, 3.8) is 0 Å². The van der Waals surface area contributed by atoms with E-state index in [0.29, 0.717) is 12.4 Å². The van der Waals surface area contributed by atoms with Crippen molar-refractivity contribution in [1.29, 1.82) is 0 Å². The van der Waals surface area contributed by atoms with Crippen LogP contribution < -0.4 is 5.32 Å². The fourth-order valence-electron chi connectivity index (χ4n) is 1.88. The molecule has 6 nitrogen and oxygen atoms in total. The van der Waals surface area contributed by atoms with Crippen molar-refractivity contribution >= 4 is 17.7 Å². The van der Waals surface area contributed by atoms with E-state index in [2.05, 4.69) is 19.9 Å². The Morgan fingerprint density at radius 3 is 3.22 bits per heavy atom. The molecule has 1 aliphatic heterocycles. The third-order valence-corrected chi connectivity index (χ3v) is 3.78. The predicted molar refractivity (Wildman–Crippen MR) is 67.3 cm³/mol. The fourth-order valence-corrected chi connectivity index (χ4v) is 2.84. The molecule has 7 heteroatoms. The number of fused-ring (bicyclic) bond motifs is 1. The van der Waals surface area contributed by atoms with Gasteiger partial charge in [-0.05, 0) is 0 Å². The van der Waals surface area contributed by atoms with Gasteiger partial charge in [0.05, 0.1) is 12.2 Å². The first-order chi connectivity index (χ1) is 8.74. The first-order valence-corrected chi connectivity index (χ1v) is 6.67. The smallest absolute Gasteiger partial charge is 0.287 e. The number of aromatic nitrogens is 4. The number of nitrogens with one attached hydrogen (secondary N) is 1. The average molecular weight is 263 g/mol. The highest BCUT2D eigenvalue weighted by Crippen LogP contribution is 2.24. The van der Waals surface area contributed by atoms with Crippen molar-refractivity contribution in [2.45, 2.75) is 18.2 Å². The van der Waals surface area contributed by atoms with Crippen LogP contribution in [0.5, 0.6) is 0 Å². The summed E-state index contributed by atoms with van der Waals surface area (Å²) in [6.45, 7) is 1.44. The van der Waals surface area contributed by atoms with Crippen LogP contribution in [-0.2, 0) is 20.1 Å². The summed E-state index contributed by atoms with van der Waals surface area (Å²) >= 11 is 1.75. The second-order valence-electron chi connectivity index (χ2n) is 4.10. The summed E-state index contributed by atoms with van der Waals surface area (Å²) in [4.78, 5) is 20.3. The van der Waals surface area contributed by atoms with Crippen molar-refractivity contribution in [1.82, 2.24) is 24.4 Å². The standard InChI is InChI=1S/C11H13N5OS/c1-15-3-2-12-9(15)10(17)13-6-8-7-16-4-5-18-11(16)14-8/h2-3,7H,4-6H2,1H3,(H,13,17). The molecular weight excluding hydrogens is 250 g/mol. The molecule has 1 amide bonds. The van der Waals surface area contributed by atoms with Gasteiger partial charge in [0, 0.05) is 37.9 Å². The molecule has 3 heterocycles. The van der Waals surface area contributed by atoms with Gasteiger partial charge >= 0.3 is 0 Å². The number of hydrogen-bond donors (Lipinski definition) is 1. The largest absolute Gasteiger partial charge is 0.344 e. The monoisotopic (exact) mass is 263 g/mol. The molecule has 0 aliphatic carbocycles. The van der Waals surface area contributed by atoms with E-state index < -0.39 is 0 Å². The normalized spacial score (nSPS) is 13.6. The van der Waals surface area contributed by atoms with Gasteiger partial charge in [0.2, 0.25) is 0 Å². The molecule has 2 aromatic rings. The molecule has 1 N–H and O–H groups in total. The molecule has 0 unspecified atom stereocenters. The summed E-state index contributed by atoms with van der Waals surface area (Å²) in [6.07, 6.45) is 5.35. The highest BCUT2D eigenvalue weighted by atomic mass is 32.2. The van der Waals surface area contributed by atoms with Gasteiger partial charge in [0.25, 0.3) is 5.91 Å². The predicted octanol–water partition coefficient (Wildman–Crippen LogP) is 0.652. The third-order valence-electron chi connectivity index (χ3n) is 2.81. The van der Waals surface area contributed by atoms with Crippen LogP contribution in [0.25, 0.3) is 0 Å². The Labute approximate surface area is 108 Å². The summed E-state index contributed by atoms with van der Waals surface area (Å²) in [5.74, 6) is 1.32. The highest BCUT2D eigenvalue weighted by Gasteiger charge is 2.15. The van der Waals surface area contributed by atoms with Crippen molar-refractivity contribution in [2.24, 2.45) is 7.05 Å². The molecule has 3 rings (SSSR count). The van der Waals surface area contributed by atoms with E-state index >= 15 is 0 Å². The number of hydrogen-bond acceptors (Lipinski definition) is 4. The van der Waals surface area contributed by atoms with Gasteiger partial charge in [0.1, 0.15) is 0 Å². The zero-order valence-electron chi connectivity index (χ0n) is 9.96. The summed E-state index contributed by atoms with van der Waals surface area (Å²) in [6, 6.07) is 0. The molecule has 0 saturated heterocycles. The Hall–Kier alpha value is -1.76. The number of imidazole rings is 2. The maximum Gasteiger partial charge on any atom is 0.287 e. The number of rotatable bonds is 3. The van der Waals surface area contributed by atoms with Crippen molar-refractivity contribution in [3.8, 4) is 0 Å². The van der Waals surface area contributed by atoms with Gasteiger partial charge in [0.15, 0.2) is 11.0 Å². The molecule has 2 aromatic heterocycles. The Kier molecular flexibility index (Phi) is 2.83. The van der Waals surface area contributed by atoms with E-state index in [-0.39, 0.29) is 5.91 Å². The summed E-state index contributed by atoms with van der Waals surface area (Å²) in [5, 5.41) is 3.86. The van der Waals surface area contributed by atoms with Gasteiger partial charge in [-0.15, -0.1) is 0 Å². The number of thioether (sulfide) groups is 1. The maximum absolute atomic E-state index is 11.8. The lowest BCUT2D eigenvalue weighted by Gasteiger charge is -2.02. The average Bonchev–Trinajstić information content (AvgIpc) is 3.00. The number of aryl methyl sites for hydroxylation is 2. The van der Waals surface area contributed by atoms with E-state index in [1.807, 2.05) is 6.20 Å². The van der Waals surface area contributed by atoms with E-state index in [1.165, 1.54) is 0 Å². The van der Waals surface area contributed by atoms with Gasteiger partial charge in [-0.3, -0.25) is 4.79 Å². The van der Waals surface area contributed by atoms with Crippen molar-refractivity contribution in [2.75, 3.05) is 5.75 Å². The van der Waals surface area contributed by atoms with Crippen LogP contribution in [0, 0.1) is 0 Å². The second-order valence-corrected chi connectivity index (χ2v) is 5.16. The van der Waals surface area contributed by atoms with Gasteiger partial charge in [-0.25, -0.2) is 9.97 Å². The van der Waals surface area contributed by atoms with Crippen LogP contribution in [0.15, 0.2) is 23.7 Å². The number of carbonyl (C=O) groups is 1. The minimum absolute atomic E-state index is 0.177. The highest BCUT2D eigenvalue weighted by molar-refractivity contribution is 7.99. The number of carbonyl (C=O) groups excluding carboxylic acids is 1. The van der Waals surface area contributed by atoms with E-state index in [9.17, 15) is 4.79 Å². The molecule has 0 radical (unpaired) electrons. The van der Waals surface area contributed by atoms with E-state index in [1.54, 1.807) is 35.8 Å². The Morgan fingerprint density at radius 1 is 1.61 bits per heavy atom. The minimum Gasteiger partial charge on any atom is -0.344 e. The van der Waals surface area contributed by atoms with Gasteiger partial charge in [-0.1, -0.05) is 11.8 Å². The molecule has 0 saturated carbocycles. The summed E-state index contributed by atoms with van der Waals surface area (Å²) in [7, 11) is 1.80. The zero-order chi connectivity index (χ0) is 12.5. The lowest BCUT2D eigenvalue weighted by Crippen LogP contribution is -2.25. The molecule has 0 bridgehead atoms. The minimum atomic E-state index is -0.177. The van der Waals surface area contributed by atoms with Gasteiger partial charge < -0.3 is 14.5 Å². The molecule has 0 spiro atoms.